The van der Waals surface area contributed by atoms with Crippen molar-refractivity contribution in [3.63, 3.8) is 0 Å². The SMILES string of the molecule is Cc1[nH]c(=O)c(Br)c(OCc2ccc(F)cc2F)c1Cc1ccc(C(=O)O)cc1. The standard InChI is InChI=1S/C21H16BrF2NO4/c1-11-16(8-12-2-4-13(5-3-12)21(27)28)19(18(22)20(26)25-11)29-10-14-6-7-15(23)9-17(14)24/h2-7,9H,8,10H2,1H3,(H,25,26)(H,27,28). The number of aryl methyl sites for hydroxylation is 1. The van der Waals surface area contributed by atoms with E-state index in [4.69, 9.17) is 9.84 Å². The maximum Gasteiger partial charge on any atom is 0.335 e. The van der Waals surface area contributed by atoms with E-state index in [1.54, 1.807) is 19.1 Å². The fraction of sp³-hybridized carbons (Fsp3) is 0.143. The number of hydrogen-bond acceptors (Lipinski definition) is 3. The van der Waals surface area contributed by atoms with Crippen LogP contribution >= 0.6 is 15.9 Å². The number of carboxylic acid groups (broad SMARTS) is 1. The van der Waals surface area contributed by atoms with E-state index >= 15 is 0 Å². The molecule has 0 unspecified atom stereocenters. The lowest BCUT2D eigenvalue weighted by atomic mass is 10.0. The number of aromatic carboxylic acids is 1. The molecule has 0 aliphatic heterocycles. The zero-order valence-electron chi connectivity index (χ0n) is 15.3. The van der Waals surface area contributed by atoms with Gasteiger partial charge in [-0.2, -0.15) is 0 Å². The lowest BCUT2D eigenvalue weighted by molar-refractivity contribution is 0.0697. The van der Waals surface area contributed by atoms with Crippen LogP contribution in [0.4, 0.5) is 8.78 Å². The summed E-state index contributed by atoms with van der Waals surface area (Å²) >= 11 is 3.21. The quantitative estimate of drug-likeness (QED) is 0.560. The molecule has 0 bridgehead atoms. The predicted molar refractivity (Wildman–Crippen MR) is 106 cm³/mol. The van der Waals surface area contributed by atoms with E-state index in [0.29, 0.717) is 17.7 Å². The molecule has 3 rings (SSSR count). The summed E-state index contributed by atoms with van der Waals surface area (Å²) in [6.07, 6.45) is 0.350. The van der Waals surface area contributed by atoms with Crippen molar-refractivity contribution in [3.8, 4) is 5.75 Å². The van der Waals surface area contributed by atoms with Gasteiger partial charge in [0.15, 0.2) is 0 Å². The first kappa shape index (κ1) is 20.7. The van der Waals surface area contributed by atoms with E-state index in [9.17, 15) is 18.4 Å². The molecule has 2 N–H and O–H groups in total. The third kappa shape index (κ3) is 4.71. The summed E-state index contributed by atoms with van der Waals surface area (Å²) in [5.74, 6) is -2.21. The van der Waals surface area contributed by atoms with Gasteiger partial charge in [-0.1, -0.05) is 12.1 Å². The van der Waals surface area contributed by atoms with Gasteiger partial charge in [-0.3, -0.25) is 4.79 Å². The Morgan fingerprint density at radius 3 is 2.48 bits per heavy atom. The minimum atomic E-state index is -1.02. The van der Waals surface area contributed by atoms with E-state index in [1.807, 2.05) is 0 Å². The zero-order valence-corrected chi connectivity index (χ0v) is 16.8. The lowest BCUT2D eigenvalue weighted by Crippen LogP contribution is -2.15. The summed E-state index contributed by atoms with van der Waals surface area (Å²) in [7, 11) is 0. The highest BCUT2D eigenvalue weighted by molar-refractivity contribution is 9.10. The number of nitrogens with one attached hydrogen (secondary N) is 1. The van der Waals surface area contributed by atoms with Crippen molar-refractivity contribution in [2.24, 2.45) is 0 Å². The Morgan fingerprint density at radius 1 is 1.17 bits per heavy atom. The molecule has 5 nitrogen and oxygen atoms in total. The fourth-order valence-electron chi connectivity index (χ4n) is 2.83. The van der Waals surface area contributed by atoms with Crippen LogP contribution in [0.15, 0.2) is 51.7 Å². The van der Waals surface area contributed by atoms with Crippen LogP contribution in [0.3, 0.4) is 0 Å². The molecule has 8 heteroatoms. The number of benzene rings is 2. The van der Waals surface area contributed by atoms with Gasteiger partial charge in [-0.25, -0.2) is 13.6 Å². The smallest absolute Gasteiger partial charge is 0.335 e. The molecule has 0 radical (unpaired) electrons. The summed E-state index contributed by atoms with van der Waals surface area (Å²) in [4.78, 5) is 25.9. The van der Waals surface area contributed by atoms with Crippen molar-refractivity contribution in [2.45, 2.75) is 20.0 Å². The van der Waals surface area contributed by atoms with E-state index in [-0.39, 0.29) is 28.0 Å². The Labute approximate surface area is 173 Å². The first-order valence-electron chi connectivity index (χ1n) is 8.56. The van der Waals surface area contributed by atoms with E-state index < -0.39 is 23.2 Å². The second-order valence-electron chi connectivity index (χ2n) is 6.40. The molecule has 0 saturated heterocycles. The maximum absolute atomic E-state index is 13.9. The number of rotatable bonds is 6. The molecule has 0 fully saturated rings. The summed E-state index contributed by atoms with van der Waals surface area (Å²) in [6, 6.07) is 9.50. The van der Waals surface area contributed by atoms with Crippen molar-refractivity contribution in [3.05, 3.63) is 96.9 Å². The molecule has 0 amide bonds. The molecule has 0 aliphatic carbocycles. The molecular formula is C21H16BrF2NO4. The third-order valence-corrected chi connectivity index (χ3v) is 5.12. The number of carboxylic acids is 1. The van der Waals surface area contributed by atoms with Crippen LogP contribution in [0.2, 0.25) is 0 Å². The van der Waals surface area contributed by atoms with Crippen LogP contribution < -0.4 is 10.3 Å². The molecule has 150 valence electrons. The second-order valence-corrected chi connectivity index (χ2v) is 7.20. The summed E-state index contributed by atoms with van der Waals surface area (Å²) in [5, 5.41) is 9.02. The maximum atomic E-state index is 13.9. The van der Waals surface area contributed by atoms with E-state index in [1.165, 1.54) is 18.2 Å². The van der Waals surface area contributed by atoms with Crippen LogP contribution in [0.25, 0.3) is 0 Å². The van der Waals surface area contributed by atoms with Gasteiger partial charge in [-0.05, 0) is 52.7 Å². The molecule has 3 aromatic rings. The number of carbonyl (C=O) groups is 1. The number of aromatic amines is 1. The monoisotopic (exact) mass is 463 g/mol. The molecule has 0 aliphatic rings. The number of aromatic nitrogens is 1. The second kappa shape index (κ2) is 8.57. The largest absolute Gasteiger partial charge is 0.487 e. The van der Waals surface area contributed by atoms with Crippen LogP contribution in [0.5, 0.6) is 5.75 Å². The Balaban J connectivity index is 1.93. The molecule has 29 heavy (non-hydrogen) atoms. The van der Waals surface area contributed by atoms with Gasteiger partial charge in [0.2, 0.25) is 0 Å². The average molecular weight is 464 g/mol. The highest BCUT2D eigenvalue weighted by atomic mass is 79.9. The van der Waals surface area contributed by atoms with Gasteiger partial charge < -0.3 is 14.8 Å². The molecule has 0 spiro atoms. The van der Waals surface area contributed by atoms with Crippen molar-refractivity contribution in [2.75, 3.05) is 0 Å². The fourth-order valence-corrected chi connectivity index (χ4v) is 3.28. The molecule has 0 atom stereocenters. The van der Waals surface area contributed by atoms with Gasteiger partial charge in [0.25, 0.3) is 5.56 Å². The Kier molecular flexibility index (Phi) is 6.12. The number of hydrogen-bond donors (Lipinski definition) is 2. The van der Waals surface area contributed by atoms with Crippen LogP contribution in [-0.2, 0) is 13.0 Å². The third-order valence-electron chi connectivity index (χ3n) is 4.40. The zero-order chi connectivity index (χ0) is 21.1. The first-order valence-corrected chi connectivity index (χ1v) is 9.35. The highest BCUT2D eigenvalue weighted by Crippen LogP contribution is 2.31. The number of pyridine rings is 1. The number of halogens is 3. The Morgan fingerprint density at radius 2 is 1.86 bits per heavy atom. The highest BCUT2D eigenvalue weighted by Gasteiger charge is 2.17. The molecular weight excluding hydrogens is 448 g/mol. The normalized spacial score (nSPS) is 10.8. The van der Waals surface area contributed by atoms with Gasteiger partial charge in [0.1, 0.15) is 28.5 Å². The van der Waals surface area contributed by atoms with Gasteiger partial charge >= 0.3 is 5.97 Å². The minimum Gasteiger partial charge on any atom is -0.487 e. The molecule has 0 saturated carbocycles. The lowest BCUT2D eigenvalue weighted by Gasteiger charge is -2.16. The average Bonchev–Trinajstić information content (AvgIpc) is 2.67. The van der Waals surface area contributed by atoms with Crippen molar-refractivity contribution in [1.82, 2.24) is 4.98 Å². The minimum absolute atomic E-state index is 0.146. The number of H-pyrrole nitrogens is 1. The van der Waals surface area contributed by atoms with Crippen molar-refractivity contribution >= 4 is 21.9 Å². The van der Waals surface area contributed by atoms with Crippen molar-refractivity contribution in [1.29, 1.82) is 0 Å². The van der Waals surface area contributed by atoms with Crippen LogP contribution in [0.1, 0.15) is 32.7 Å². The summed E-state index contributed by atoms with van der Waals surface area (Å²) < 4.78 is 32.9. The Bertz CT molecular complexity index is 1130. The molecule has 1 aromatic heterocycles. The Hall–Kier alpha value is -3.00. The summed E-state index contributed by atoms with van der Waals surface area (Å²) in [5.41, 5.74) is 1.93. The predicted octanol–water partition coefficient (Wildman–Crippen LogP) is 4.59. The van der Waals surface area contributed by atoms with E-state index in [2.05, 4.69) is 20.9 Å². The van der Waals surface area contributed by atoms with Crippen LogP contribution in [0, 0.1) is 18.6 Å². The van der Waals surface area contributed by atoms with Gasteiger partial charge in [0.05, 0.1) is 5.56 Å². The topological polar surface area (TPSA) is 79.4 Å². The first-order chi connectivity index (χ1) is 13.8. The van der Waals surface area contributed by atoms with Gasteiger partial charge in [-0.15, -0.1) is 0 Å². The van der Waals surface area contributed by atoms with Crippen molar-refractivity contribution < 1.29 is 23.4 Å². The number of ether oxygens (including phenoxy) is 1. The van der Waals surface area contributed by atoms with Crippen LogP contribution in [-0.4, -0.2) is 16.1 Å². The molecule has 1 heterocycles. The molecule has 2 aromatic carbocycles. The van der Waals surface area contributed by atoms with E-state index in [0.717, 1.165) is 17.7 Å². The summed E-state index contributed by atoms with van der Waals surface area (Å²) in [6.45, 7) is 1.51. The van der Waals surface area contributed by atoms with Gasteiger partial charge in [0, 0.05) is 29.3 Å².